The lowest BCUT2D eigenvalue weighted by Gasteiger charge is -2.30. The molecule has 1 aromatic carbocycles. The van der Waals surface area contributed by atoms with E-state index < -0.39 is 0 Å². The smallest absolute Gasteiger partial charge is 0.190 e. The van der Waals surface area contributed by atoms with E-state index in [-0.39, 0.29) is 0 Å². The zero-order valence-electron chi connectivity index (χ0n) is 16.7. The summed E-state index contributed by atoms with van der Waals surface area (Å²) >= 11 is 0. The van der Waals surface area contributed by atoms with Gasteiger partial charge in [0.1, 0.15) is 0 Å². The minimum absolute atomic E-state index is 0.364. The predicted molar refractivity (Wildman–Crippen MR) is 111 cm³/mol. The summed E-state index contributed by atoms with van der Waals surface area (Å²) in [6, 6.07) is 8.27. The van der Waals surface area contributed by atoms with Gasteiger partial charge in [-0.2, -0.15) is 0 Å². The Labute approximate surface area is 162 Å². The number of aliphatic imine (C=N–C) groups is 1. The lowest BCUT2D eigenvalue weighted by molar-refractivity contribution is 0.138. The van der Waals surface area contributed by atoms with Gasteiger partial charge in [0, 0.05) is 40.4 Å². The van der Waals surface area contributed by atoms with Crippen molar-refractivity contribution in [1.82, 2.24) is 20.2 Å². The number of hydrogen-bond acceptors (Lipinski definition) is 3. The van der Waals surface area contributed by atoms with Crippen molar-refractivity contribution in [2.24, 2.45) is 10.4 Å². The highest BCUT2D eigenvalue weighted by Gasteiger charge is 2.33. The Kier molecular flexibility index (Phi) is 7.10. The van der Waals surface area contributed by atoms with Gasteiger partial charge >= 0.3 is 0 Å². The van der Waals surface area contributed by atoms with Gasteiger partial charge in [0.2, 0.25) is 0 Å². The van der Waals surface area contributed by atoms with Crippen LogP contribution in [0.2, 0.25) is 0 Å². The quantitative estimate of drug-likeness (QED) is 0.404. The number of fused-ring (bicyclic) bond motifs is 1. The Morgan fingerprint density at radius 1 is 1.26 bits per heavy atom. The number of rotatable bonds is 9. The van der Waals surface area contributed by atoms with Crippen LogP contribution in [0.5, 0.6) is 0 Å². The monoisotopic (exact) mass is 371 g/mol. The Hall–Kier alpha value is -2.08. The van der Waals surface area contributed by atoms with E-state index in [0.29, 0.717) is 5.41 Å². The molecule has 2 aromatic rings. The minimum Gasteiger partial charge on any atom is -0.385 e. The van der Waals surface area contributed by atoms with Crippen molar-refractivity contribution in [1.29, 1.82) is 0 Å². The molecular formula is C21H33N5O. The number of aryl methyl sites for hydroxylation is 1. The molecule has 0 amide bonds. The molecule has 3 rings (SSSR count). The number of nitrogens with zero attached hydrogens (tertiary/aromatic N) is 3. The molecule has 148 valence electrons. The third-order valence-corrected chi connectivity index (χ3v) is 5.75. The average molecular weight is 372 g/mol. The summed E-state index contributed by atoms with van der Waals surface area (Å²) in [5, 5.41) is 7.00. The SMILES string of the molecule is CN=C(NCCCn1cnc2ccccc21)NCC1(CCOC)CCCC1. The molecule has 1 fully saturated rings. The van der Waals surface area contributed by atoms with Gasteiger partial charge in [0.05, 0.1) is 17.4 Å². The number of hydrogen-bond donors (Lipinski definition) is 2. The van der Waals surface area contributed by atoms with Gasteiger partial charge in [-0.15, -0.1) is 0 Å². The van der Waals surface area contributed by atoms with E-state index in [1.54, 1.807) is 7.11 Å². The number of para-hydroxylation sites is 2. The number of guanidine groups is 1. The minimum atomic E-state index is 0.364. The molecule has 0 atom stereocenters. The maximum absolute atomic E-state index is 5.33. The highest BCUT2D eigenvalue weighted by Crippen LogP contribution is 2.40. The Morgan fingerprint density at radius 2 is 2.07 bits per heavy atom. The lowest BCUT2D eigenvalue weighted by Crippen LogP contribution is -2.43. The van der Waals surface area contributed by atoms with Crippen LogP contribution in [0.4, 0.5) is 0 Å². The molecule has 0 spiro atoms. The zero-order valence-corrected chi connectivity index (χ0v) is 16.7. The van der Waals surface area contributed by atoms with Gasteiger partial charge in [-0.3, -0.25) is 4.99 Å². The normalized spacial score (nSPS) is 16.7. The molecule has 0 bridgehead atoms. The van der Waals surface area contributed by atoms with Crippen LogP contribution in [-0.2, 0) is 11.3 Å². The molecule has 0 saturated heterocycles. The van der Waals surface area contributed by atoms with Crippen LogP contribution >= 0.6 is 0 Å². The maximum atomic E-state index is 5.33. The van der Waals surface area contributed by atoms with Crippen molar-refractivity contribution >= 4 is 17.0 Å². The number of imidazole rings is 1. The van der Waals surface area contributed by atoms with Gasteiger partial charge in [0.15, 0.2) is 5.96 Å². The van der Waals surface area contributed by atoms with E-state index >= 15 is 0 Å². The van der Waals surface area contributed by atoms with Gasteiger partial charge in [0.25, 0.3) is 0 Å². The van der Waals surface area contributed by atoms with E-state index in [1.807, 2.05) is 19.4 Å². The fourth-order valence-electron chi connectivity index (χ4n) is 4.10. The summed E-state index contributed by atoms with van der Waals surface area (Å²) in [4.78, 5) is 8.84. The van der Waals surface area contributed by atoms with Crippen LogP contribution in [0.25, 0.3) is 11.0 Å². The van der Waals surface area contributed by atoms with E-state index in [4.69, 9.17) is 4.74 Å². The molecule has 1 saturated carbocycles. The van der Waals surface area contributed by atoms with Gasteiger partial charge in [-0.1, -0.05) is 25.0 Å². The molecule has 0 radical (unpaired) electrons. The highest BCUT2D eigenvalue weighted by molar-refractivity contribution is 5.79. The number of benzene rings is 1. The van der Waals surface area contributed by atoms with Crippen LogP contribution in [-0.4, -0.2) is 49.4 Å². The first-order chi connectivity index (χ1) is 13.3. The van der Waals surface area contributed by atoms with Crippen LogP contribution in [0.15, 0.2) is 35.6 Å². The van der Waals surface area contributed by atoms with Crippen LogP contribution < -0.4 is 10.6 Å². The second kappa shape index (κ2) is 9.74. The summed E-state index contributed by atoms with van der Waals surface area (Å²) in [6.07, 6.45) is 9.31. The Morgan fingerprint density at radius 3 is 2.85 bits per heavy atom. The largest absolute Gasteiger partial charge is 0.385 e. The first kappa shape index (κ1) is 19.7. The van der Waals surface area contributed by atoms with E-state index in [1.165, 1.54) is 31.2 Å². The summed E-state index contributed by atoms with van der Waals surface area (Å²) in [6.45, 7) is 3.65. The van der Waals surface area contributed by atoms with Crippen molar-refractivity contribution < 1.29 is 4.74 Å². The molecule has 27 heavy (non-hydrogen) atoms. The molecule has 6 nitrogen and oxygen atoms in total. The van der Waals surface area contributed by atoms with Gasteiger partial charge < -0.3 is 19.9 Å². The van der Waals surface area contributed by atoms with Crippen molar-refractivity contribution in [2.75, 3.05) is 33.9 Å². The molecular weight excluding hydrogens is 338 g/mol. The lowest BCUT2D eigenvalue weighted by atomic mass is 9.83. The Balaban J connectivity index is 1.42. The number of methoxy groups -OCH3 is 1. The molecule has 1 aliphatic rings. The molecule has 2 N–H and O–H groups in total. The summed E-state index contributed by atoms with van der Waals surface area (Å²) in [5.41, 5.74) is 2.62. The second-order valence-electron chi connectivity index (χ2n) is 7.58. The fourth-order valence-corrected chi connectivity index (χ4v) is 4.10. The molecule has 0 unspecified atom stereocenters. The van der Waals surface area contributed by atoms with Crippen molar-refractivity contribution in [2.45, 2.75) is 45.1 Å². The van der Waals surface area contributed by atoms with Crippen molar-refractivity contribution in [3.63, 3.8) is 0 Å². The summed E-state index contributed by atoms with van der Waals surface area (Å²) in [7, 11) is 3.63. The predicted octanol–water partition coefficient (Wildman–Crippen LogP) is 3.19. The molecule has 1 aromatic heterocycles. The van der Waals surface area contributed by atoms with Crippen LogP contribution in [0.1, 0.15) is 38.5 Å². The first-order valence-corrected chi connectivity index (χ1v) is 10.1. The maximum Gasteiger partial charge on any atom is 0.190 e. The third kappa shape index (κ3) is 5.22. The molecule has 0 aliphatic heterocycles. The van der Waals surface area contributed by atoms with E-state index in [9.17, 15) is 0 Å². The van der Waals surface area contributed by atoms with Gasteiger partial charge in [-0.25, -0.2) is 4.98 Å². The number of nitrogens with one attached hydrogen (secondary N) is 2. The molecule has 6 heteroatoms. The van der Waals surface area contributed by atoms with Gasteiger partial charge in [-0.05, 0) is 43.2 Å². The van der Waals surface area contributed by atoms with Crippen molar-refractivity contribution in [3.8, 4) is 0 Å². The second-order valence-corrected chi connectivity index (χ2v) is 7.58. The fraction of sp³-hybridized carbons (Fsp3) is 0.619. The average Bonchev–Trinajstić information content (AvgIpc) is 3.34. The zero-order chi connectivity index (χ0) is 19.0. The Bertz CT molecular complexity index is 733. The first-order valence-electron chi connectivity index (χ1n) is 10.1. The molecule has 1 heterocycles. The molecule has 1 aliphatic carbocycles. The highest BCUT2D eigenvalue weighted by atomic mass is 16.5. The summed E-state index contributed by atoms with van der Waals surface area (Å²) < 4.78 is 7.54. The standard InChI is InChI=1S/C21H33N5O/c1-22-20(24-16-21(12-15-27-2)10-5-6-11-21)23-13-7-14-26-17-25-18-8-3-4-9-19(18)26/h3-4,8-9,17H,5-7,10-16H2,1-2H3,(H2,22,23,24). The van der Waals surface area contributed by atoms with Crippen LogP contribution in [0, 0.1) is 5.41 Å². The topological polar surface area (TPSA) is 63.5 Å². The number of aromatic nitrogens is 2. The van der Waals surface area contributed by atoms with Crippen molar-refractivity contribution in [3.05, 3.63) is 30.6 Å². The van der Waals surface area contributed by atoms with E-state index in [2.05, 4.69) is 43.4 Å². The van der Waals surface area contributed by atoms with E-state index in [0.717, 1.165) is 50.6 Å². The summed E-state index contributed by atoms with van der Waals surface area (Å²) in [5.74, 6) is 0.897. The van der Waals surface area contributed by atoms with Crippen LogP contribution in [0.3, 0.4) is 0 Å². The number of ether oxygens (including phenoxy) is 1. The third-order valence-electron chi connectivity index (χ3n) is 5.75.